The van der Waals surface area contributed by atoms with Crippen LogP contribution in [0.1, 0.15) is 11.3 Å². The van der Waals surface area contributed by atoms with E-state index in [0.717, 1.165) is 16.8 Å². The summed E-state index contributed by atoms with van der Waals surface area (Å²) in [6.45, 7) is 2.04. The second-order valence-corrected chi connectivity index (χ2v) is 9.25. The van der Waals surface area contributed by atoms with Crippen molar-refractivity contribution in [3.8, 4) is 17.1 Å². The molecule has 6 nitrogen and oxygen atoms in total. The average molecular weight is 494 g/mol. The van der Waals surface area contributed by atoms with Crippen molar-refractivity contribution in [3.63, 3.8) is 0 Å². The number of hydrogen-bond donors (Lipinski definition) is 0. The molecule has 0 aliphatic heterocycles. The van der Waals surface area contributed by atoms with E-state index in [2.05, 4.69) is 15.2 Å². The van der Waals surface area contributed by atoms with E-state index < -0.39 is 0 Å². The summed E-state index contributed by atoms with van der Waals surface area (Å²) < 4.78 is 3.44. The first-order chi connectivity index (χ1) is 16.0. The first-order valence-electron chi connectivity index (χ1n) is 10.1. The normalized spacial score (nSPS) is 11.2. The molecule has 3 heterocycles. The molecule has 0 saturated heterocycles. The Morgan fingerprint density at radius 2 is 1.64 bits per heavy atom. The lowest BCUT2D eigenvalue weighted by Gasteiger charge is -2.11. The van der Waals surface area contributed by atoms with Gasteiger partial charge in [-0.3, -0.25) is 13.8 Å². The van der Waals surface area contributed by atoms with Gasteiger partial charge in [0.05, 0.1) is 10.7 Å². The Morgan fingerprint density at radius 3 is 2.39 bits per heavy atom. The van der Waals surface area contributed by atoms with Crippen molar-refractivity contribution in [2.24, 2.45) is 0 Å². The van der Waals surface area contributed by atoms with Crippen molar-refractivity contribution in [2.75, 3.05) is 0 Å². The lowest BCUT2D eigenvalue weighted by molar-refractivity contribution is 0.884. The molecule has 9 heteroatoms. The summed E-state index contributed by atoms with van der Waals surface area (Å²) in [6, 6.07) is 20.6. The van der Waals surface area contributed by atoms with Crippen LogP contribution in [-0.4, -0.2) is 24.1 Å². The molecule has 164 valence electrons. The highest BCUT2D eigenvalue weighted by Gasteiger charge is 2.17. The van der Waals surface area contributed by atoms with E-state index >= 15 is 0 Å². The molecule has 0 N–H and O–H groups in total. The third-order valence-electron chi connectivity index (χ3n) is 5.05. The van der Waals surface area contributed by atoms with Crippen LogP contribution in [-0.2, 0) is 5.75 Å². The molecule has 0 atom stereocenters. The van der Waals surface area contributed by atoms with Crippen LogP contribution in [0.3, 0.4) is 0 Å². The second kappa shape index (κ2) is 9.02. The first kappa shape index (κ1) is 21.7. The molecule has 0 spiro atoms. The van der Waals surface area contributed by atoms with Crippen molar-refractivity contribution in [1.82, 2.24) is 24.1 Å². The molecule has 3 aromatic heterocycles. The Labute approximate surface area is 203 Å². The topological polar surface area (TPSA) is 65.1 Å². The van der Waals surface area contributed by atoms with Gasteiger partial charge in [0.2, 0.25) is 0 Å². The minimum absolute atomic E-state index is 0.181. The molecular formula is C24H17Cl2N5OS. The lowest BCUT2D eigenvalue weighted by atomic mass is 10.2. The van der Waals surface area contributed by atoms with Crippen LogP contribution in [0, 0.1) is 6.92 Å². The predicted octanol–water partition coefficient (Wildman–Crippen LogP) is 5.85. The van der Waals surface area contributed by atoms with Gasteiger partial charge >= 0.3 is 0 Å². The number of nitrogens with zero attached hydrogens (tertiary/aromatic N) is 5. The summed E-state index contributed by atoms with van der Waals surface area (Å²) in [5.74, 6) is 1.16. The molecule has 2 aromatic carbocycles. The van der Waals surface area contributed by atoms with Crippen molar-refractivity contribution >= 4 is 40.6 Å². The van der Waals surface area contributed by atoms with Gasteiger partial charge in [0, 0.05) is 34.3 Å². The van der Waals surface area contributed by atoms with Crippen LogP contribution in [0.25, 0.3) is 22.7 Å². The number of aryl methyl sites for hydroxylation is 1. The fraction of sp³-hybridized carbons (Fsp3) is 0.0833. The molecular weight excluding hydrogens is 477 g/mol. The fourth-order valence-electron chi connectivity index (χ4n) is 3.41. The number of hydrogen-bond acceptors (Lipinski definition) is 5. The fourth-order valence-corrected chi connectivity index (χ4v) is 4.55. The van der Waals surface area contributed by atoms with Crippen LogP contribution in [0.4, 0.5) is 0 Å². The molecule has 0 amide bonds. The second-order valence-electron chi connectivity index (χ2n) is 7.43. The predicted molar refractivity (Wildman–Crippen MR) is 133 cm³/mol. The van der Waals surface area contributed by atoms with E-state index in [1.54, 1.807) is 18.3 Å². The Morgan fingerprint density at radius 1 is 0.909 bits per heavy atom. The Hall–Kier alpha value is -3.13. The van der Waals surface area contributed by atoms with E-state index in [9.17, 15) is 4.79 Å². The third kappa shape index (κ3) is 4.53. The highest BCUT2D eigenvalue weighted by atomic mass is 35.5. The van der Waals surface area contributed by atoms with Gasteiger partial charge < -0.3 is 0 Å². The third-order valence-corrected chi connectivity index (χ3v) is 6.49. The van der Waals surface area contributed by atoms with Crippen LogP contribution in [0.15, 0.2) is 82.9 Å². The summed E-state index contributed by atoms with van der Waals surface area (Å²) >= 11 is 13.5. The zero-order valence-corrected chi connectivity index (χ0v) is 19.8. The monoisotopic (exact) mass is 493 g/mol. The quantitative estimate of drug-likeness (QED) is 0.287. The number of pyridine rings is 1. The molecule has 0 radical (unpaired) electrons. The van der Waals surface area contributed by atoms with Gasteiger partial charge in [0.25, 0.3) is 5.56 Å². The van der Waals surface area contributed by atoms with E-state index in [1.807, 2.05) is 60.0 Å². The van der Waals surface area contributed by atoms with Crippen LogP contribution >= 0.6 is 35.0 Å². The van der Waals surface area contributed by atoms with E-state index in [4.69, 9.17) is 23.2 Å². The maximum atomic E-state index is 12.5. The van der Waals surface area contributed by atoms with E-state index in [-0.39, 0.29) is 5.56 Å². The standard InChI is InChI=1S/C24H17Cl2N5OS/c1-15-2-9-20(10-3-15)31-23(16-4-6-17(25)7-5-16)28-29-24(31)33-14-19-12-22(32)30-13-18(26)8-11-21(30)27-19/h2-13H,14H2,1H3. The van der Waals surface area contributed by atoms with Gasteiger partial charge in [0.1, 0.15) is 5.65 Å². The number of rotatable bonds is 5. The summed E-state index contributed by atoms with van der Waals surface area (Å²) in [6.07, 6.45) is 1.57. The van der Waals surface area contributed by atoms with Crippen LogP contribution in [0.5, 0.6) is 0 Å². The maximum absolute atomic E-state index is 12.5. The van der Waals surface area contributed by atoms with E-state index in [1.165, 1.54) is 22.2 Å². The molecule has 0 saturated carbocycles. The highest BCUT2D eigenvalue weighted by molar-refractivity contribution is 7.98. The largest absolute Gasteiger partial charge is 0.270 e. The SMILES string of the molecule is Cc1ccc(-n2c(SCc3cc(=O)n4cc(Cl)ccc4n3)nnc2-c2ccc(Cl)cc2)cc1. The van der Waals surface area contributed by atoms with Gasteiger partial charge in [-0.05, 0) is 55.5 Å². The highest BCUT2D eigenvalue weighted by Crippen LogP contribution is 2.30. The van der Waals surface area contributed by atoms with Gasteiger partial charge in [-0.1, -0.05) is 52.7 Å². The molecule has 0 aliphatic carbocycles. The molecule has 5 rings (SSSR count). The summed E-state index contributed by atoms with van der Waals surface area (Å²) in [5.41, 5.74) is 4.02. The summed E-state index contributed by atoms with van der Waals surface area (Å²) in [5, 5.41) is 10.7. The Bertz CT molecular complexity index is 1510. The van der Waals surface area contributed by atoms with Crippen LogP contribution < -0.4 is 5.56 Å². The number of aromatic nitrogens is 5. The van der Waals surface area contributed by atoms with E-state index in [0.29, 0.717) is 38.1 Å². The number of benzene rings is 2. The van der Waals surface area contributed by atoms with Gasteiger partial charge in [0.15, 0.2) is 11.0 Å². The minimum Gasteiger partial charge on any atom is -0.270 e. The minimum atomic E-state index is -0.181. The van der Waals surface area contributed by atoms with Crippen molar-refractivity contribution in [1.29, 1.82) is 0 Å². The molecule has 0 unspecified atom stereocenters. The molecule has 0 bridgehead atoms. The average Bonchev–Trinajstić information content (AvgIpc) is 3.23. The van der Waals surface area contributed by atoms with Gasteiger partial charge in [-0.25, -0.2) is 4.98 Å². The molecule has 0 fully saturated rings. The van der Waals surface area contributed by atoms with Crippen molar-refractivity contribution < 1.29 is 0 Å². The first-order valence-corrected chi connectivity index (χ1v) is 11.8. The number of fused-ring (bicyclic) bond motifs is 1. The van der Waals surface area contributed by atoms with Crippen LogP contribution in [0.2, 0.25) is 10.0 Å². The zero-order valence-electron chi connectivity index (χ0n) is 17.4. The molecule has 33 heavy (non-hydrogen) atoms. The molecule has 0 aliphatic rings. The number of thioether (sulfide) groups is 1. The number of halogens is 2. The smallest absolute Gasteiger partial charge is 0.258 e. The lowest BCUT2D eigenvalue weighted by Crippen LogP contribution is -2.15. The van der Waals surface area contributed by atoms with Crippen molar-refractivity contribution in [2.45, 2.75) is 17.8 Å². The zero-order chi connectivity index (χ0) is 22.9. The summed E-state index contributed by atoms with van der Waals surface area (Å²) in [7, 11) is 0. The van der Waals surface area contributed by atoms with Gasteiger partial charge in [-0.15, -0.1) is 10.2 Å². The maximum Gasteiger partial charge on any atom is 0.258 e. The Kier molecular flexibility index (Phi) is 5.93. The molecule has 5 aromatic rings. The summed E-state index contributed by atoms with van der Waals surface area (Å²) in [4.78, 5) is 17.1. The Balaban J connectivity index is 1.52. The van der Waals surface area contributed by atoms with Gasteiger partial charge in [-0.2, -0.15) is 0 Å². The van der Waals surface area contributed by atoms with Crippen molar-refractivity contribution in [3.05, 3.63) is 105 Å².